The summed E-state index contributed by atoms with van der Waals surface area (Å²) >= 11 is 6.88. The Hall–Kier alpha value is -3.31. The van der Waals surface area contributed by atoms with Crippen molar-refractivity contribution in [3.05, 3.63) is 89.8 Å². The highest BCUT2D eigenvalue weighted by Crippen LogP contribution is 2.42. The molecular weight excluding hydrogens is 506 g/mol. The molecule has 0 saturated heterocycles. The van der Waals surface area contributed by atoms with Crippen LogP contribution < -0.4 is 5.32 Å². The number of fused-ring (bicyclic) bond motifs is 1. The van der Waals surface area contributed by atoms with E-state index >= 15 is 0 Å². The number of amides is 1. The highest BCUT2D eigenvalue weighted by atomic mass is 35.5. The summed E-state index contributed by atoms with van der Waals surface area (Å²) in [6, 6.07) is 13.6. The van der Waals surface area contributed by atoms with Crippen molar-refractivity contribution in [1.29, 1.82) is 0 Å². The number of hydrogen-bond donors (Lipinski definition) is 3. The molecular formula is C33H38ClN3O2. The number of aliphatic hydroxyl groups is 1. The highest BCUT2D eigenvalue weighted by Gasteiger charge is 2.31. The highest BCUT2D eigenvalue weighted by molar-refractivity contribution is 6.23. The van der Waals surface area contributed by atoms with Crippen molar-refractivity contribution in [2.45, 2.75) is 75.6 Å². The molecule has 3 atom stereocenters. The van der Waals surface area contributed by atoms with Gasteiger partial charge in [0, 0.05) is 28.7 Å². The Balaban J connectivity index is 1.45. The number of aromatic amines is 1. The zero-order valence-electron chi connectivity index (χ0n) is 22.6. The Labute approximate surface area is 236 Å². The van der Waals surface area contributed by atoms with Gasteiger partial charge in [0.2, 0.25) is 0 Å². The summed E-state index contributed by atoms with van der Waals surface area (Å²) in [4.78, 5) is 21.7. The zero-order valence-corrected chi connectivity index (χ0v) is 23.4. The van der Waals surface area contributed by atoms with Gasteiger partial charge in [-0.05, 0) is 55.0 Å². The molecule has 1 saturated carbocycles. The van der Waals surface area contributed by atoms with E-state index in [0.29, 0.717) is 17.0 Å². The molecule has 204 valence electrons. The lowest BCUT2D eigenvalue weighted by molar-refractivity contribution is 0.0914. The van der Waals surface area contributed by atoms with Crippen LogP contribution in [0, 0.1) is 5.92 Å². The maximum atomic E-state index is 13.5. The zero-order chi connectivity index (χ0) is 27.4. The molecule has 1 amide bonds. The van der Waals surface area contributed by atoms with Crippen LogP contribution in [0.1, 0.15) is 91.5 Å². The number of imidazole rings is 1. The molecule has 5 rings (SSSR count). The minimum Gasteiger partial charge on any atom is -0.508 e. The predicted molar refractivity (Wildman–Crippen MR) is 161 cm³/mol. The van der Waals surface area contributed by atoms with Gasteiger partial charge in [-0.15, -0.1) is 11.6 Å². The van der Waals surface area contributed by atoms with Crippen molar-refractivity contribution < 1.29 is 9.90 Å². The fraction of sp³-hybridized carbons (Fsp3) is 0.394. The average molecular weight is 544 g/mol. The van der Waals surface area contributed by atoms with Crippen LogP contribution in [0.2, 0.25) is 0 Å². The van der Waals surface area contributed by atoms with E-state index in [2.05, 4.69) is 23.8 Å². The van der Waals surface area contributed by atoms with Crippen molar-refractivity contribution in [2.24, 2.45) is 5.92 Å². The Morgan fingerprint density at radius 2 is 1.95 bits per heavy atom. The Morgan fingerprint density at radius 1 is 1.18 bits per heavy atom. The Bertz CT molecular complexity index is 1360. The Morgan fingerprint density at radius 3 is 2.67 bits per heavy atom. The minimum atomic E-state index is -0.361. The largest absolute Gasteiger partial charge is 0.508 e. The van der Waals surface area contributed by atoms with Gasteiger partial charge in [-0.3, -0.25) is 4.79 Å². The number of aromatic nitrogens is 2. The third kappa shape index (κ3) is 5.99. The summed E-state index contributed by atoms with van der Waals surface area (Å²) in [6.07, 6.45) is 15.3. The van der Waals surface area contributed by atoms with Gasteiger partial charge < -0.3 is 15.4 Å². The first-order valence-corrected chi connectivity index (χ1v) is 14.7. The van der Waals surface area contributed by atoms with E-state index in [1.54, 1.807) is 6.07 Å². The number of rotatable bonds is 8. The molecule has 5 nitrogen and oxygen atoms in total. The third-order valence-corrected chi connectivity index (χ3v) is 8.63. The number of halogens is 1. The maximum Gasteiger partial charge on any atom is 0.251 e. The van der Waals surface area contributed by atoms with Crippen LogP contribution in [0.25, 0.3) is 22.4 Å². The minimum absolute atomic E-state index is 0.0871. The van der Waals surface area contributed by atoms with E-state index in [-0.39, 0.29) is 29.0 Å². The second-order valence-corrected chi connectivity index (χ2v) is 11.4. The van der Waals surface area contributed by atoms with E-state index in [0.717, 1.165) is 40.8 Å². The molecule has 3 N–H and O–H groups in total. The fourth-order valence-electron chi connectivity index (χ4n) is 6.23. The number of H-pyrrole nitrogens is 1. The first-order chi connectivity index (χ1) is 19.0. The number of carbonyl (C=O) groups excluding carboxylic acids is 1. The summed E-state index contributed by atoms with van der Waals surface area (Å²) < 4.78 is 0. The standard InChI is InChI=1S/C33H38ClN3O2/c1-3-11-28(22-12-6-4-5-7-13-22)37-33(39)23-18-19-24(26(20-23)21(2)38)31-25(14-10-15-27(31)34)32-35-29-16-8-9-17-30(29)36-32/h8-10,14-20,22,27-28,31,38H,2-7,11-13H2,1H3,(H,35,36)(H,37,39)/t27-,28?,31?/m0/s1. The van der Waals surface area contributed by atoms with E-state index in [1.807, 2.05) is 54.6 Å². The van der Waals surface area contributed by atoms with Gasteiger partial charge in [-0.1, -0.05) is 82.0 Å². The van der Waals surface area contributed by atoms with Crippen molar-refractivity contribution in [2.75, 3.05) is 0 Å². The summed E-state index contributed by atoms with van der Waals surface area (Å²) in [5.74, 6) is 0.776. The van der Waals surface area contributed by atoms with Crippen LogP contribution in [0.3, 0.4) is 0 Å². The third-order valence-electron chi connectivity index (χ3n) is 8.23. The number of benzene rings is 2. The predicted octanol–water partition coefficient (Wildman–Crippen LogP) is 8.30. The molecule has 0 bridgehead atoms. The first-order valence-electron chi connectivity index (χ1n) is 14.3. The number of carbonyl (C=O) groups is 1. The average Bonchev–Trinajstić information content (AvgIpc) is 3.18. The number of nitrogens with one attached hydrogen (secondary N) is 2. The number of alkyl halides is 1. The van der Waals surface area contributed by atoms with Crippen molar-refractivity contribution in [1.82, 2.24) is 15.3 Å². The van der Waals surface area contributed by atoms with E-state index in [1.165, 1.54) is 38.5 Å². The van der Waals surface area contributed by atoms with E-state index in [4.69, 9.17) is 16.6 Å². The maximum absolute atomic E-state index is 13.5. The number of nitrogens with zero attached hydrogens (tertiary/aromatic N) is 1. The SMILES string of the molecule is C=C(O)c1cc(C(=O)NC(CCC)C2CCCCCC2)ccc1C1C(c2nc3ccccc3[nH]2)=CC=C[C@@H]1Cl. The molecule has 0 aliphatic heterocycles. The quantitative estimate of drug-likeness (QED) is 0.152. The fourth-order valence-corrected chi connectivity index (χ4v) is 6.58. The molecule has 1 aromatic heterocycles. The van der Waals surface area contributed by atoms with E-state index < -0.39 is 0 Å². The molecule has 0 radical (unpaired) electrons. The summed E-state index contributed by atoms with van der Waals surface area (Å²) in [7, 11) is 0. The molecule has 3 aromatic rings. The van der Waals surface area contributed by atoms with Crippen LogP contribution in [0.5, 0.6) is 0 Å². The molecule has 2 unspecified atom stereocenters. The molecule has 2 aliphatic rings. The number of hydrogen-bond acceptors (Lipinski definition) is 3. The van der Waals surface area contributed by atoms with Gasteiger partial charge in [0.15, 0.2) is 0 Å². The first kappa shape index (κ1) is 27.3. The summed E-state index contributed by atoms with van der Waals surface area (Å²) in [5, 5.41) is 13.7. The normalized spacial score (nSPS) is 20.8. The number of para-hydroxylation sites is 2. The second kappa shape index (κ2) is 12.3. The van der Waals surface area contributed by atoms with Crippen molar-refractivity contribution in [3.63, 3.8) is 0 Å². The monoisotopic (exact) mass is 543 g/mol. The lowest BCUT2D eigenvalue weighted by Gasteiger charge is -2.28. The van der Waals surface area contributed by atoms with Gasteiger partial charge in [0.25, 0.3) is 5.91 Å². The topological polar surface area (TPSA) is 78.0 Å². The van der Waals surface area contributed by atoms with Gasteiger partial charge in [-0.2, -0.15) is 0 Å². The molecule has 2 aromatic carbocycles. The van der Waals surface area contributed by atoms with Crippen molar-refractivity contribution in [3.8, 4) is 0 Å². The lowest BCUT2D eigenvalue weighted by Crippen LogP contribution is -2.40. The summed E-state index contributed by atoms with van der Waals surface area (Å²) in [5.41, 5.74) is 4.60. The van der Waals surface area contributed by atoms with Crippen LogP contribution in [0.4, 0.5) is 0 Å². The lowest BCUT2D eigenvalue weighted by atomic mass is 9.81. The summed E-state index contributed by atoms with van der Waals surface area (Å²) in [6.45, 7) is 6.01. The smallest absolute Gasteiger partial charge is 0.251 e. The van der Waals surface area contributed by atoms with E-state index in [9.17, 15) is 9.90 Å². The molecule has 0 spiro atoms. The molecule has 39 heavy (non-hydrogen) atoms. The second-order valence-electron chi connectivity index (χ2n) is 10.9. The molecule has 1 fully saturated rings. The van der Waals surface area contributed by atoms with Gasteiger partial charge in [0.1, 0.15) is 11.6 Å². The number of aliphatic hydroxyl groups excluding tert-OH is 1. The van der Waals surface area contributed by atoms with Gasteiger partial charge >= 0.3 is 0 Å². The van der Waals surface area contributed by atoms with Crippen molar-refractivity contribution >= 4 is 39.9 Å². The van der Waals surface area contributed by atoms with Crippen LogP contribution >= 0.6 is 11.6 Å². The molecule has 2 aliphatic carbocycles. The van der Waals surface area contributed by atoms with Crippen LogP contribution in [-0.4, -0.2) is 32.4 Å². The molecule has 6 heteroatoms. The molecule has 1 heterocycles. The Kier molecular flexibility index (Phi) is 8.56. The van der Waals surface area contributed by atoms with Crippen LogP contribution in [0.15, 0.2) is 67.3 Å². The van der Waals surface area contributed by atoms with Gasteiger partial charge in [0.05, 0.1) is 16.4 Å². The number of allylic oxidation sites excluding steroid dienone is 4. The van der Waals surface area contributed by atoms with Gasteiger partial charge in [-0.25, -0.2) is 4.98 Å². The van der Waals surface area contributed by atoms with Crippen LogP contribution in [-0.2, 0) is 0 Å².